The minimum absolute atomic E-state index is 0. The zero-order valence-corrected chi connectivity index (χ0v) is 90.0. The van der Waals surface area contributed by atoms with E-state index in [-0.39, 0.29) is 106 Å². The molecule has 0 N–H and O–H groups in total. The molecule has 0 aliphatic heterocycles. The van der Waals surface area contributed by atoms with E-state index in [1.807, 2.05) is 169 Å². The number of hydrogen-bond acceptors (Lipinski definition) is 7. The largest absolute Gasteiger partial charge is 0.540 e. The quantitative estimate of drug-likeness (QED) is 0.0699. The van der Waals surface area contributed by atoms with E-state index >= 15 is 0 Å². The normalized spacial score (nSPS) is 10.7. The Morgan fingerprint density at radius 1 is 0.392 bits per heavy atom. The number of furan rings is 1. The van der Waals surface area contributed by atoms with Crippen molar-refractivity contribution in [2.24, 2.45) is 0 Å². The second-order valence-electron chi connectivity index (χ2n) is 31.2. The number of halogens is 4. The average molecular weight is 2800 g/mol. The Bertz CT molecular complexity index is 6800. The molecule has 0 spiro atoms. The summed E-state index contributed by atoms with van der Waals surface area (Å²) in [6.45, 7) is 20.0. The molecule has 6 aromatic heterocycles. The monoisotopic (exact) mass is 2800 g/mol. The summed E-state index contributed by atoms with van der Waals surface area (Å²) >= 11 is 11.1. The van der Waals surface area contributed by atoms with E-state index in [1.165, 1.54) is 93.8 Å². The fraction of sp³-hybridized carbons (Fsp3) is 0.165. The molecule has 671 valence electrons. The van der Waals surface area contributed by atoms with Crippen molar-refractivity contribution in [1.29, 1.82) is 0 Å². The average Bonchev–Trinajstić information content (AvgIpc) is 1.61. The van der Waals surface area contributed by atoms with Crippen LogP contribution in [-0.4, -0.2) is 54.9 Å². The van der Waals surface area contributed by atoms with Crippen molar-refractivity contribution in [3.8, 4) is 102 Å². The fourth-order valence-corrected chi connectivity index (χ4v) is 18.1. The molecule has 0 atom stereocenters. The van der Waals surface area contributed by atoms with Crippen LogP contribution < -0.4 is 4.74 Å². The molecule has 19 aromatic rings. The first-order valence-corrected chi connectivity index (χ1v) is 44.6. The number of nitrogens with zero attached hydrogens (tertiary/aromatic N) is 10. The third-order valence-electron chi connectivity index (χ3n) is 21.9. The minimum atomic E-state index is -0.315. The zero-order chi connectivity index (χ0) is 87.0. The Morgan fingerprint density at radius 3 is 1.37 bits per heavy atom. The van der Waals surface area contributed by atoms with Gasteiger partial charge in [0.2, 0.25) is 0 Å². The van der Waals surface area contributed by atoms with Gasteiger partial charge in [-0.1, -0.05) is 199 Å². The van der Waals surface area contributed by atoms with Crippen molar-refractivity contribution in [3.05, 3.63) is 399 Å². The number of unbranched alkanes of at least 4 members (excludes halogenated alkanes) is 2. The molecule has 130 heavy (non-hydrogen) atoms. The number of aryl methyl sites for hydroxylation is 5. The van der Waals surface area contributed by atoms with Crippen LogP contribution in [0.25, 0.3) is 129 Å². The summed E-state index contributed by atoms with van der Waals surface area (Å²) in [6, 6.07) is 99.0. The first-order chi connectivity index (χ1) is 61.0. The summed E-state index contributed by atoms with van der Waals surface area (Å²) in [4.78, 5) is 22.9. The van der Waals surface area contributed by atoms with Crippen LogP contribution in [0, 0.1) is 56.9 Å². The summed E-state index contributed by atoms with van der Waals surface area (Å²) in [6.07, 6.45) is 26.2. The molecule has 0 bridgehead atoms. The number of hydrogen-bond donors (Lipinski definition) is 0. The molecule has 5 radical (unpaired) electrons. The molecule has 21 heteroatoms. The first-order valence-electron chi connectivity index (χ1n) is 42.2. The van der Waals surface area contributed by atoms with Crippen molar-refractivity contribution in [2.75, 3.05) is 7.11 Å². The Labute approximate surface area is 854 Å². The van der Waals surface area contributed by atoms with Gasteiger partial charge in [0.15, 0.2) is 0 Å². The summed E-state index contributed by atoms with van der Waals surface area (Å²) in [7, 11) is 1.65. The standard InChI is InChI=1S/C23H17N2O.C23H27N2.C22H16BrN2O.C22H25N2.C19H10Br2FN2.5Ir/c1-15-6-5-7-16(2)22(15)25-13-12-24-23(25)17-10-11-21-19(14-17)18-8-3-4-9-20(18)26-21;1-3-5-11-19-15-10-16-20(12-6-4-2)22(19)25-18-17-24-23(25)21-13-8-7-9-14-21;1-26-18-12-10-17(11-13-18)22-24-14-15-25(22)21-19(8-5-9-20(21)23)16-6-3-2-4-7-16;1-15(2)19-13-17(5)14-20(16(3)4)21(19)24-12-11-23-22(24)18-9-7-6-8-10-18;20-16-11-13-3-1-2-4-15(13)17(21)18(16)24-10-9-23-19(24)12-5-7-14(22)8-6-12;;;;;/h3-9,11-14H,1-2H3;7-10,13,15-18H,3-6,11-12H2,1-2H3;2-10,12-15H,1H3;6-9,11-16H,1-5H3;1-5,7-11H;;;;;/q5*-1;;;;;. The Hall–Kier alpha value is -9.61. The maximum Gasteiger partial charge on any atom is 0.120 e. The van der Waals surface area contributed by atoms with Gasteiger partial charge in [-0.3, -0.25) is 29.3 Å². The maximum atomic E-state index is 13.2. The van der Waals surface area contributed by atoms with Gasteiger partial charge in [0.1, 0.15) is 5.58 Å². The maximum absolute atomic E-state index is 13.2. The number of rotatable bonds is 20. The van der Waals surface area contributed by atoms with Crippen molar-refractivity contribution in [1.82, 2.24) is 47.8 Å². The molecular formula is C109H95Br3FIr5N10O2-5. The molecular weight excluding hydrogens is 2700 g/mol. The van der Waals surface area contributed by atoms with Crippen LogP contribution in [-0.2, 0) is 113 Å². The molecule has 0 aliphatic rings. The number of imidazole rings is 5. The van der Waals surface area contributed by atoms with Crippen molar-refractivity contribution in [3.63, 3.8) is 0 Å². The Morgan fingerprint density at radius 2 is 0.854 bits per heavy atom. The number of methoxy groups -OCH3 is 1. The van der Waals surface area contributed by atoms with E-state index in [0.717, 1.165) is 138 Å². The van der Waals surface area contributed by atoms with Gasteiger partial charge >= 0.3 is 0 Å². The SMILES string of the molecule is CCCCc1cccc(CCCC)c1-n1ccnc1-c1[c-]cccc1.COc1c[c-]c(-c2nccn2-c2c(Br)cccc2-c2ccccc2)cc1.Cc1cc(C(C)C)c(-n2ccnc2-c2[c-]cccc2)c(C(C)C)c1.Cc1cccc(C)c1-n1ccnc1-c1[c-]cc2oc3ccccc3c2c1.Fc1c[c-]c(-c2nccn2-c2c(Br)cc3ccccc3c2Br)cc1.[Ir].[Ir].[Ir].[Ir].[Ir]. The molecule has 0 fully saturated rings. The molecule has 0 amide bonds. The van der Waals surface area contributed by atoms with Crippen LogP contribution in [0.5, 0.6) is 5.75 Å². The van der Waals surface area contributed by atoms with Crippen LogP contribution in [0.1, 0.15) is 118 Å². The van der Waals surface area contributed by atoms with Gasteiger partial charge in [-0.2, -0.15) is 0 Å². The molecule has 0 saturated carbocycles. The van der Waals surface area contributed by atoms with Gasteiger partial charge in [0.05, 0.1) is 53.2 Å². The smallest absolute Gasteiger partial charge is 0.120 e. The third-order valence-corrected chi connectivity index (χ3v) is 24.0. The van der Waals surface area contributed by atoms with Gasteiger partial charge < -0.3 is 32.0 Å². The number of ether oxygens (including phenoxy) is 1. The number of benzene rings is 13. The predicted octanol–water partition coefficient (Wildman–Crippen LogP) is 29.7. The number of aromatic nitrogens is 10. The van der Waals surface area contributed by atoms with Gasteiger partial charge in [0, 0.05) is 215 Å². The molecule has 0 unspecified atom stereocenters. The van der Waals surface area contributed by atoms with Gasteiger partial charge in [-0.05, 0) is 174 Å². The van der Waals surface area contributed by atoms with Crippen molar-refractivity contribution < 1.29 is 114 Å². The second kappa shape index (κ2) is 48.7. The molecule has 0 aliphatic carbocycles. The fourth-order valence-electron chi connectivity index (χ4n) is 15.9. The Balaban J connectivity index is 0.000000167. The van der Waals surface area contributed by atoms with E-state index in [9.17, 15) is 4.39 Å². The van der Waals surface area contributed by atoms with E-state index in [0.29, 0.717) is 17.7 Å². The van der Waals surface area contributed by atoms with E-state index in [4.69, 9.17) is 9.15 Å². The van der Waals surface area contributed by atoms with Crippen LogP contribution in [0.15, 0.2) is 329 Å². The third kappa shape index (κ3) is 23.5. The summed E-state index contributed by atoms with van der Waals surface area (Å²) in [5, 5.41) is 4.45. The summed E-state index contributed by atoms with van der Waals surface area (Å²) in [5.74, 6) is 5.70. The predicted molar refractivity (Wildman–Crippen MR) is 519 cm³/mol. The van der Waals surface area contributed by atoms with Crippen LogP contribution in [0.2, 0.25) is 0 Å². The summed E-state index contributed by atoms with van der Waals surface area (Å²) < 4.78 is 37.9. The first kappa shape index (κ1) is 102. The minimum Gasteiger partial charge on any atom is -0.540 e. The molecule has 19 rings (SSSR count). The van der Waals surface area contributed by atoms with Gasteiger partial charge in [-0.25, -0.2) is 0 Å². The number of fused-ring (bicyclic) bond motifs is 4. The second-order valence-corrected chi connectivity index (χ2v) is 33.7. The molecule has 12 nitrogen and oxygen atoms in total. The van der Waals surface area contributed by atoms with E-state index < -0.39 is 0 Å². The topological polar surface area (TPSA) is 111 Å². The van der Waals surface area contributed by atoms with Crippen LogP contribution >= 0.6 is 47.8 Å². The van der Waals surface area contributed by atoms with Crippen LogP contribution in [0.3, 0.4) is 0 Å². The van der Waals surface area contributed by atoms with Gasteiger partial charge in [-0.15, -0.1) is 155 Å². The Kier molecular flexibility index (Phi) is 38.4. The molecule has 0 saturated heterocycles. The molecule has 13 aromatic carbocycles. The zero-order valence-electron chi connectivity index (χ0n) is 73.3. The van der Waals surface area contributed by atoms with Crippen molar-refractivity contribution in [2.45, 2.75) is 113 Å². The van der Waals surface area contributed by atoms with Crippen molar-refractivity contribution >= 4 is 80.5 Å². The van der Waals surface area contributed by atoms with Gasteiger partial charge in [0.25, 0.3) is 0 Å². The van der Waals surface area contributed by atoms with E-state index in [2.05, 4.69) is 305 Å². The van der Waals surface area contributed by atoms with Crippen LogP contribution in [0.4, 0.5) is 4.39 Å². The molecule has 6 heterocycles. The summed E-state index contributed by atoms with van der Waals surface area (Å²) in [5.41, 5.74) is 23.8. The number of para-hydroxylation sites is 4. The van der Waals surface area contributed by atoms with E-state index in [1.54, 1.807) is 19.4 Å².